The second-order valence-electron chi connectivity index (χ2n) is 10.6. The molecule has 2 aromatic carbocycles. The summed E-state index contributed by atoms with van der Waals surface area (Å²) in [5.74, 6) is -4.94. The Hall–Kier alpha value is -3.01. The van der Waals surface area contributed by atoms with Crippen LogP contribution in [0.3, 0.4) is 0 Å². The number of anilines is 2. The molecule has 4 rings (SSSR count). The Morgan fingerprint density at radius 2 is 1.86 bits per heavy atom. The highest BCUT2D eigenvalue weighted by molar-refractivity contribution is 7.91. The Kier molecular flexibility index (Phi) is 10.2. The highest BCUT2D eigenvalue weighted by Crippen LogP contribution is 2.33. The van der Waals surface area contributed by atoms with E-state index in [1.54, 1.807) is 11.0 Å². The first-order chi connectivity index (χ1) is 20.1. The third-order valence-corrected chi connectivity index (χ3v) is 9.24. The van der Waals surface area contributed by atoms with Crippen LogP contribution in [-0.4, -0.2) is 87.6 Å². The van der Waals surface area contributed by atoms with Crippen LogP contribution in [0.25, 0.3) is 0 Å². The highest BCUT2D eigenvalue weighted by Gasteiger charge is 2.32. The zero-order chi connectivity index (χ0) is 31.5. The fourth-order valence-corrected chi connectivity index (χ4v) is 6.62. The summed E-state index contributed by atoms with van der Waals surface area (Å²) in [6, 6.07) is 5.52. The van der Waals surface area contributed by atoms with Crippen LogP contribution in [0, 0.1) is 11.6 Å². The van der Waals surface area contributed by atoms with Gasteiger partial charge in [-0.1, -0.05) is 17.7 Å². The Labute approximate surface area is 250 Å². The van der Waals surface area contributed by atoms with Crippen LogP contribution >= 0.6 is 11.6 Å². The second-order valence-corrected chi connectivity index (χ2v) is 13.2. The van der Waals surface area contributed by atoms with Crippen molar-refractivity contribution in [1.82, 2.24) is 15.5 Å². The van der Waals surface area contributed by atoms with E-state index in [9.17, 15) is 35.6 Å². The van der Waals surface area contributed by atoms with E-state index in [2.05, 4.69) is 16.0 Å². The van der Waals surface area contributed by atoms with Gasteiger partial charge in [0.1, 0.15) is 6.04 Å². The topological polar surface area (TPSA) is 111 Å². The van der Waals surface area contributed by atoms with Crippen molar-refractivity contribution in [2.24, 2.45) is 0 Å². The van der Waals surface area contributed by atoms with Crippen molar-refractivity contribution in [3.05, 3.63) is 58.1 Å². The molecule has 2 amide bonds. The van der Waals surface area contributed by atoms with Gasteiger partial charge in [-0.25, -0.2) is 17.2 Å². The van der Waals surface area contributed by atoms with Gasteiger partial charge in [-0.05, 0) is 31.2 Å². The van der Waals surface area contributed by atoms with Gasteiger partial charge in [-0.2, -0.15) is 13.2 Å². The van der Waals surface area contributed by atoms with E-state index in [0.717, 1.165) is 12.1 Å². The minimum atomic E-state index is -4.26. The molecule has 236 valence electrons. The molecule has 1 unspecified atom stereocenters. The molecule has 0 saturated carbocycles. The fraction of sp³-hybridized carbons (Fsp3) is 0.481. The summed E-state index contributed by atoms with van der Waals surface area (Å²) in [5.41, 5.74) is -0.123. The van der Waals surface area contributed by atoms with E-state index < -0.39 is 69.8 Å². The van der Waals surface area contributed by atoms with Gasteiger partial charge in [0.15, 0.2) is 21.5 Å². The number of carbonyl (C=O) groups excluding carboxylic acids is 2. The average molecular weight is 652 g/mol. The molecule has 2 aliphatic heterocycles. The molecule has 2 aromatic rings. The van der Waals surface area contributed by atoms with Gasteiger partial charge >= 0.3 is 6.18 Å². The normalized spacial score (nSPS) is 21.0. The van der Waals surface area contributed by atoms with Gasteiger partial charge in [0.05, 0.1) is 34.9 Å². The lowest BCUT2D eigenvalue weighted by Gasteiger charge is -2.42. The summed E-state index contributed by atoms with van der Waals surface area (Å²) in [6.07, 6.45) is -5.18. The number of nitrogens with one attached hydrogen (secondary N) is 3. The molecular weight excluding hydrogens is 621 g/mol. The van der Waals surface area contributed by atoms with Crippen molar-refractivity contribution >= 4 is 44.6 Å². The molecule has 16 heteroatoms. The Balaban J connectivity index is 1.43. The Morgan fingerprint density at radius 3 is 2.53 bits per heavy atom. The minimum absolute atomic E-state index is 0.0969. The number of benzene rings is 2. The van der Waals surface area contributed by atoms with Crippen molar-refractivity contribution < 1.29 is 40.0 Å². The standard InChI is InChI=1S/C27H31ClF5N5O4S/c1-16-14-37(8-6-27(31,32)33)9-10-38(16)22-12-18(28)3-5-20(22)36-25(39)19-4-2-17(23(29)24(19)30)13-35-26(40)21-15-43(41,42)11-7-34-21/h2-5,12,16,21,34H,6-11,13-15H2,1H3,(H,35,40)(H,36,39)/t16-,21?/m1/s1. The van der Waals surface area contributed by atoms with Crippen molar-refractivity contribution in [3.8, 4) is 0 Å². The molecule has 0 spiro atoms. The third kappa shape index (κ3) is 8.55. The average Bonchev–Trinajstić information content (AvgIpc) is 2.92. The van der Waals surface area contributed by atoms with Crippen molar-refractivity contribution in [3.63, 3.8) is 0 Å². The van der Waals surface area contributed by atoms with Gasteiger partial charge in [0, 0.05) is 55.9 Å². The molecule has 9 nitrogen and oxygen atoms in total. The number of nitrogens with zero attached hydrogens (tertiary/aromatic N) is 2. The molecule has 0 aliphatic carbocycles. The maximum atomic E-state index is 15.0. The van der Waals surface area contributed by atoms with E-state index in [1.165, 1.54) is 12.1 Å². The summed E-state index contributed by atoms with van der Waals surface area (Å²) < 4.78 is 91.5. The van der Waals surface area contributed by atoms with Gasteiger partial charge in [-0.15, -0.1) is 0 Å². The zero-order valence-electron chi connectivity index (χ0n) is 23.1. The number of sulfone groups is 1. The van der Waals surface area contributed by atoms with Crippen molar-refractivity contribution in [2.75, 3.05) is 54.4 Å². The maximum Gasteiger partial charge on any atom is 0.390 e. The maximum absolute atomic E-state index is 15.0. The van der Waals surface area contributed by atoms with Crippen LogP contribution in [0.2, 0.25) is 5.02 Å². The molecule has 3 N–H and O–H groups in total. The number of hydrogen-bond donors (Lipinski definition) is 3. The van der Waals surface area contributed by atoms with E-state index in [4.69, 9.17) is 11.6 Å². The predicted octanol–water partition coefficient (Wildman–Crippen LogP) is 3.34. The number of piperazine rings is 1. The van der Waals surface area contributed by atoms with Crippen LogP contribution < -0.4 is 20.9 Å². The molecule has 2 aliphatic rings. The fourth-order valence-electron chi connectivity index (χ4n) is 5.08. The summed E-state index contributed by atoms with van der Waals surface area (Å²) >= 11 is 6.20. The van der Waals surface area contributed by atoms with Gasteiger partial charge < -0.3 is 20.9 Å². The van der Waals surface area contributed by atoms with Gasteiger partial charge in [0.25, 0.3) is 5.91 Å². The molecule has 2 heterocycles. The number of alkyl halides is 3. The minimum Gasteiger partial charge on any atom is -0.365 e. The largest absolute Gasteiger partial charge is 0.390 e. The summed E-state index contributed by atoms with van der Waals surface area (Å²) in [4.78, 5) is 29.0. The summed E-state index contributed by atoms with van der Waals surface area (Å²) in [7, 11) is -3.39. The quantitative estimate of drug-likeness (QED) is 0.376. The van der Waals surface area contributed by atoms with E-state index in [-0.39, 0.29) is 36.1 Å². The van der Waals surface area contributed by atoms with Gasteiger partial charge in [0.2, 0.25) is 5.91 Å². The first-order valence-corrected chi connectivity index (χ1v) is 15.7. The molecular formula is C27H31ClF5N5O4S. The van der Waals surface area contributed by atoms with Crippen LogP contribution in [0.1, 0.15) is 29.3 Å². The zero-order valence-corrected chi connectivity index (χ0v) is 24.7. The van der Waals surface area contributed by atoms with Crippen LogP contribution in [0.5, 0.6) is 0 Å². The first-order valence-electron chi connectivity index (χ1n) is 13.5. The van der Waals surface area contributed by atoms with Crippen molar-refractivity contribution in [1.29, 1.82) is 0 Å². The highest BCUT2D eigenvalue weighted by atomic mass is 35.5. The number of rotatable bonds is 8. The third-order valence-electron chi connectivity index (χ3n) is 7.34. The molecule has 0 bridgehead atoms. The van der Waals surface area contributed by atoms with Gasteiger partial charge in [-0.3, -0.25) is 14.5 Å². The molecule has 2 atom stereocenters. The molecule has 0 aromatic heterocycles. The van der Waals surface area contributed by atoms with Crippen LogP contribution in [-0.2, 0) is 21.2 Å². The first kappa shape index (κ1) is 32.9. The predicted molar refractivity (Wildman–Crippen MR) is 152 cm³/mol. The number of amides is 2. The molecule has 2 saturated heterocycles. The number of carbonyl (C=O) groups is 2. The second kappa shape index (κ2) is 13.3. The summed E-state index contributed by atoms with van der Waals surface area (Å²) in [6.45, 7) is 2.36. The van der Waals surface area contributed by atoms with Crippen LogP contribution in [0.15, 0.2) is 30.3 Å². The summed E-state index contributed by atoms with van der Waals surface area (Å²) in [5, 5.41) is 8.06. The lowest BCUT2D eigenvalue weighted by Crippen LogP contribution is -2.53. The molecule has 2 fully saturated rings. The van der Waals surface area contributed by atoms with E-state index in [1.807, 2.05) is 11.8 Å². The molecule has 43 heavy (non-hydrogen) atoms. The number of hydrogen-bond acceptors (Lipinski definition) is 7. The SMILES string of the molecule is C[C@@H]1CN(CCC(F)(F)F)CCN1c1cc(Cl)ccc1NC(=O)c1ccc(CNC(=O)C2CS(=O)(=O)CCN2)c(F)c1F. The smallest absolute Gasteiger partial charge is 0.365 e. The Bertz CT molecular complexity index is 1480. The van der Waals surface area contributed by atoms with E-state index >= 15 is 4.39 Å². The lowest BCUT2D eigenvalue weighted by atomic mass is 10.1. The molecule has 0 radical (unpaired) electrons. The number of halogens is 6. The Morgan fingerprint density at radius 1 is 1.12 bits per heavy atom. The van der Waals surface area contributed by atoms with Crippen LogP contribution in [0.4, 0.5) is 33.3 Å². The lowest BCUT2D eigenvalue weighted by molar-refractivity contribution is -0.138. The van der Waals surface area contributed by atoms with E-state index in [0.29, 0.717) is 30.3 Å². The monoisotopic (exact) mass is 651 g/mol. The van der Waals surface area contributed by atoms with Crippen molar-refractivity contribution in [2.45, 2.75) is 38.1 Å².